The number of aromatic nitrogens is 1. The van der Waals surface area contributed by atoms with E-state index in [0.29, 0.717) is 5.92 Å². The van der Waals surface area contributed by atoms with Crippen LogP contribution >= 0.6 is 35.3 Å². The molecule has 2 heterocycles. The first-order chi connectivity index (χ1) is 14.5. The first kappa shape index (κ1) is 26.1. The minimum absolute atomic E-state index is 0. The molecule has 0 bridgehead atoms. The van der Waals surface area contributed by atoms with Crippen molar-refractivity contribution in [3.63, 3.8) is 0 Å². The molecule has 31 heavy (non-hydrogen) atoms. The number of nitrogens with one attached hydrogen (secondary N) is 2. The Kier molecular flexibility index (Phi) is 10.7. The summed E-state index contributed by atoms with van der Waals surface area (Å²) in [6, 6.07) is 10.7. The summed E-state index contributed by atoms with van der Waals surface area (Å²) in [7, 11) is 0. The maximum atomic E-state index is 4.90. The Balaban J connectivity index is 0.00000341. The van der Waals surface area contributed by atoms with Gasteiger partial charge in [0.2, 0.25) is 0 Å². The number of likely N-dealkylation sites (tertiary alicyclic amines) is 1. The highest BCUT2D eigenvalue weighted by Crippen LogP contribution is 2.23. The van der Waals surface area contributed by atoms with E-state index in [-0.39, 0.29) is 29.4 Å². The fourth-order valence-electron chi connectivity index (χ4n) is 3.90. The first-order valence-electron chi connectivity index (χ1n) is 11.2. The van der Waals surface area contributed by atoms with Crippen molar-refractivity contribution in [1.82, 2.24) is 20.5 Å². The van der Waals surface area contributed by atoms with Crippen LogP contribution in [0.4, 0.5) is 0 Å². The second-order valence-electron chi connectivity index (χ2n) is 8.90. The summed E-state index contributed by atoms with van der Waals surface area (Å²) < 4.78 is 0. The Morgan fingerprint density at radius 2 is 1.90 bits per heavy atom. The fourth-order valence-corrected chi connectivity index (χ4v) is 4.50. The molecule has 0 radical (unpaired) electrons. The number of nitrogens with zero attached hydrogens (tertiary/aromatic N) is 3. The summed E-state index contributed by atoms with van der Waals surface area (Å²) in [4.78, 5) is 12.0. The van der Waals surface area contributed by atoms with Gasteiger partial charge in [0.05, 0.1) is 17.2 Å². The third-order valence-corrected chi connectivity index (χ3v) is 6.67. The molecular weight excluding hydrogens is 517 g/mol. The fraction of sp³-hybridized carbons (Fsp3) is 0.583. The molecule has 3 rings (SSSR count). The van der Waals surface area contributed by atoms with Gasteiger partial charge < -0.3 is 10.6 Å². The van der Waals surface area contributed by atoms with E-state index >= 15 is 0 Å². The van der Waals surface area contributed by atoms with Crippen molar-refractivity contribution in [2.24, 2.45) is 10.9 Å². The van der Waals surface area contributed by atoms with E-state index in [1.54, 1.807) is 11.3 Å². The third-order valence-electron chi connectivity index (χ3n) is 5.85. The molecule has 1 aromatic heterocycles. The van der Waals surface area contributed by atoms with Crippen molar-refractivity contribution in [2.45, 2.75) is 52.5 Å². The predicted octanol–water partition coefficient (Wildman–Crippen LogP) is 4.81. The van der Waals surface area contributed by atoms with Crippen LogP contribution in [0.2, 0.25) is 0 Å². The van der Waals surface area contributed by atoms with Crippen LogP contribution in [0.15, 0.2) is 40.7 Å². The van der Waals surface area contributed by atoms with Crippen LogP contribution < -0.4 is 10.6 Å². The average Bonchev–Trinajstić information content (AvgIpc) is 3.16. The van der Waals surface area contributed by atoms with E-state index < -0.39 is 0 Å². The van der Waals surface area contributed by atoms with E-state index in [4.69, 9.17) is 4.99 Å². The number of hydrogen-bond donors (Lipinski definition) is 2. The maximum absolute atomic E-state index is 4.90. The molecule has 2 aromatic rings. The van der Waals surface area contributed by atoms with Gasteiger partial charge in [-0.05, 0) is 51.3 Å². The highest BCUT2D eigenvalue weighted by molar-refractivity contribution is 14.0. The Morgan fingerprint density at radius 3 is 2.52 bits per heavy atom. The molecule has 172 valence electrons. The van der Waals surface area contributed by atoms with Gasteiger partial charge in [-0.3, -0.25) is 9.89 Å². The summed E-state index contributed by atoms with van der Waals surface area (Å²) in [5.41, 5.74) is 2.56. The Hall–Kier alpha value is -1.19. The summed E-state index contributed by atoms with van der Waals surface area (Å²) in [5, 5.41) is 10.4. The Bertz CT molecular complexity index is 797. The van der Waals surface area contributed by atoms with Crippen molar-refractivity contribution >= 4 is 41.3 Å². The zero-order chi connectivity index (χ0) is 21.4. The van der Waals surface area contributed by atoms with Gasteiger partial charge in [-0.25, -0.2) is 4.98 Å². The number of aryl methyl sites for hydroxylation is 1. The molecule has 0 saturated carbocycles. The van der Waals surface area contributed by atoms with Gasteiger partial charge in [-0.1, -0.05) is 44.2 Å². The monoisotopic (exact) mass is 555 g/mol. The van der Waals surface area contributed by atoms with Crippen molar-refractivity contribution in [3.8, 4) is 0 Å². The van der Waals surface area contributed by atoms with Crippen molar-refractivity contribution in [2.75, 3.05) is 32.7 Å². The molecule has 0 unspecified atom stereocenters. The molecular formula is C24H38IN5S. The number of rotatable bonds is 8. The predicted molar refractivity (Wildman–Crippen MR) is 144 cm³/mol. The van der Waals surface area contributed by atoms with Crippen LogP contribution in [0.1, 0.15) is 49.9 Å². The normalized spacial score (nSPS) is 16.1. The molecule has 5 nitrogen and oxygen atoms in total. The van der Waals surface area contributed by atoms with Gasteiger partial charge in [0.15, 0.2) is 5.96 Å². The van der Waals surface area contributed by atoms with Crippen LogP contribution in [0, 0.1) is 12.8 Å². The van der Waals surface area contributed by atoms with Gasteiger partial charge in [0.25, 0.3) is 0 Å². The van der Waals surface area contributed by atoms with Crippen LogP contribution in [0.5, 0.6) is 0 Å². The number of halogens is 1. The molecule has 0 atom stereocenters. The number of guanidine groups is 1. The van der Waals surface area contributed by atoms with Gasteiger partial charge in [-0.2, -0.15) is 0 Å². The minimum atomic E-state index is 0. The minimum Gasteiger partial charge on any atom is -0.357 e. The van der Waals surface area contributed by atoms with E-state index in [1.165, 1.54) is 24.1 Å². The lowest BCUT2D eigenvalue weighted by atomic mass is 9.85. The number of aliphatic imine (C=N–C) groups is 1. The average molecular weight is 556 g/mol. The molecule has 0 aliphatic carbocycles. The lowest BCUT2D eigenvalue weighted by Crippen LogP contribution is -2.43. The number of piperidine rings is 1. The summed E-state index contributed by atoms with van der Waals surface area (Å²) in [6.45, 7) is 14.6. The SMILES string of the molecule is CCNC(=NCC(C)(C)c1ccccc1)NCC1CCN(Cc2csc(C)n2)CC1.I. The van der Waals surface area contributed by atoms with Crippen LogP contribution in [0.25, 0.3) is 0 Å². The van der Waals surface area contributed by atoms with E-state index in [2.05, 4.69) is 83.9 Å². The molecule has 2 N–H and O–H groups in total. The van der Waals surface area contributed by atoms with Crippen LogP contribution in [0.3, 0.4) is 0 Å². The number of thiazole rings is 1. The van der Waals surface area contributed by atoms with Crippen LogP contribution in [-0.2, 0) is 12.0 Å². The van der Waals surface area contributed by atoms with Crippen molar-refractivity contribution in [1.29, 1.82) is 0 Å². The van der Waals surface area contributed by atoms with Gasteiger partial charge in [-0.15, -0.1) is 35.3 Å². The van der Waals surface area contributed by atoms with E-state index in [9.17, 15) is 0 Å². The molecule has 7 heteroatoms. The molecule has 0 amide bonds. The summed E-state index contributed by atoms with van der Waals surface area (Å²) in [5.74, 6) is 1.63. The molecule has 1 saturated heterocycles. The topological polar surface area (TPSA) is 52.6 Å². The quantitative estimate of drug-likeness (QED) is 0.279. The lowest BCUT2D eigenvalue weighted by molar-refractivity contribution is 0.176. The highest BCUT2D eigenvalue weighted by atomic mass is 127. The zero-order valence-corrected chi connectivity index (χ0v) is 22.5. The smallest absolute Gasteiger partial charge is 0.191 e. The maximum Gasteiger partial charge on any atom is 0.191 e. The third kappa shape index (κ3) is 8.35. The molecule has 0 spiro atoms. The Morgan fingerprint density at radius 1 is 1.19 bits per heavy atom. The molecule has 1 aliphatic rings. The zero-order valence-electron chi connectivity index (χ0n) is 19.4. The summed E-state index contributed by atoms with van der Waals surface area (Å²) >= 11 is 1.75. The van der Waals surface area contributed by atoms with Gasteiger partial charge in [0, 0.05) is 30.4 Å². The second-order valence-corrected chi connectivity index (χ2v) is 9.97. The summed E-state index contributed by atoms with van der Waals surface area (Å²) in [6.07, 6.45) is 2.45. The Labute approximate surface area is 209 Å². The molecule has 1 fully saturated rings. The second kappa shape index (κ2) is 12.7. The standard InChI is InChI=1S/C24H37N5S.HI/c1-5-25-23(27-18-24(3,4)21-9-7-6-8-10-21)26-15-20-11-13-29(14-12-20)16-22-17-30-19(2)28-22;/h6-10,17,20H,5,11-16,18H2,1-4H3,(H2,25,26,27);1H. The van der Waals surface area contributed by atoms with Gasteiger partial charge in [0.1, 0.15) is 0 Å². The van der Waals surface area contributed by atoms with E-state index in [1.807, 2.05) is 0 Å². The number of hydrogen-bond acceptors (Lipinski definition) is 4. The van der Waals surface area contributed by atoms with Gasteiger partial charge >= 0.3 is 0 Å². The molecule has 1 aliphatic heterocycles. The number of benzene rings is 1. The largest absolute Gasteiger partial charge is 0.357 e. The highest BCUT2D eigenvalue weighted by Gasteiger charge is 2.22. The van der Waals surface area contributed by atoms with Crippen LogP contribution in [-0.4, -0.2) is 48.6 Å². The molecule has 1 aromatic carbocycles. The first-order valence-corrected chi connectivity index (χ1v) is 12.1. The van der Waals surface area contributed by atoms with E-state index in [0.717, 1.165) is 50.2 Å². The van der Waals surface area contributed by atoms with Crippen molar-refractivity contribution < 1.29 is 0 Å². The van der Waals surface area contributed by atoms with Crippen molar-refractivity contribution in [3.05, 3.63) is 52.0 Å². The lowest BCUT2D eigenvalue weighted by Gasteiger charge is -2.32.